The maximum atomic E-state index is 12.0. The average molecular weight is 243 g/mol. The van der Waals surface area contributed by atoms with Gasteiger partial charge in [-0.05, 0) is 20.3 Å². The fourth-order valence-corrected chi connectivity index (χ4v) is 1.39. The van der Waals surface area contributed by atoms with Crippen LogP contribution in [0.1, 0.15) is 26.7 Å². The Morgan fingerprint density at radius 1 is 1.35 bits per heavy atom. The van der Waals surface area contributed by atoms with E-state index in [-0.39, 0.29) is 12.3 Å². The third kappa shape index (κ3) is 4.99. The van der Waals surface area contributed by atoms with Gasteiger partial charge in [0, 0.05) is 12.0 Å². The molecule has 0 aromatic carbocycles. The molecule has 1 amide bonds. The first-order valence-corrected chi connectivity index (χ1v) is 5.75. The summed E-state index contributed by atoms with van der Waals surface area (Å²) in [4.78, 5) is 22.5. The van der Waals surface area contributed by atoms with Crippen molar-refractivity contribution in [2.45, 2.75) is 26.7 Å². The number of quaternary nitrogens is 1. The second kappa shape index (κ2) is 6.39. The summed E-state index contributed by atoms with van der Waals surface area (Å²) in [5, 5.41) is 10.3. The summed E-state index contributed by atoms with van der Waals surface area (Å²) in [5.41, 5.74) is 0.472. The standard InChI is InChI=1S/C12H22N2O3/c1-6-14(4,5)13(12(17)10(2)3)9-7-8-11(15)16/h2,6-9H2,1,3-5H3/p+1. The van der Waals surface area contributed by atoms with Crippen molar-refractivity contribution in [2.24, 2.45) is 0 Å². The fourth-order valence-electron chi connectivity index (χ4n) is 1.39. The van der Waals surface area contributed by atoms with Crippen molar-refractivity contribution in [3.63, 3.8) is 0 Å². The topological polar surface area (TPSA) is 57.6 Å². The molecule has 0 saturated carbocycles. The summed E-state index contributed by atoms with van der Waals surface area (Å²) in [6.07, 6.45) is 0.527. The fraction of sp³-hybridized carbons (Fsp3) is 0.667. The number of carbonyl (C=O) groups excluding carboxylic acids is 1. The molecule has 0 saturated heterocycles. The summed E-state index contributed by atoms with van der Waals surface area (Å²) >= 11 is 0. The summed E-state index contributed by atoms with van der Waals surface area (Å²) in [7, 11) is 3.84. The average Bonchev–Trinajstić information content (AvgIpc) is 2.22. The van der Waals surface area contributed by atoms with Gasteiger partial charge in [-0.25, -0.2) is 4.59 Å². The van der Waals surface area contributed by atoms with E-state index in [0.29, 0.717) is 23.1 Å². The first-order chi connectivity index (χ1) is 7.72. The van der Waals surface area contributed by atoms with Crippen LogP contribution in [0.25, 0.3) is 0 Å². The summed E-state index contributed by atoms with van der Waals surface area (Å²) < 4.78 is 0.408. The van der Waals surface area contributed by atoms with Crippen molar-refractivity contribution in [3.8, 4) is 0 Å². The Bertz CT molecular complexity index is 311. The molecule has 0 fully saturated rings. The number of nitrogens with zero attached hydrogens (tertiary/aromatic N) is 2. The number of rotatable bonds is 7. The zero-order chi connectivity index (χ0) is 13.6. The van der Waals surface area contributed by atoms with E-state index in [9.17, 15) is 9.59 Å². The van der Waals surface area contributed by atoms with Crippen LogP contribution in [0.15, 0.2) is 12.2 Å². The smallest absolute Gasteiger partial charge is 0.303 e. The number of carboxylic acids is 1. The summed E-state index contributed by atoms with van der Waals surface area (Å²) in [5.74, 6) is -0.961. The highest BCUT2D eigenvalue weighted by molar-refractivity contribution is 5.91. The molecule has 1 N–H and O–H groups in total. The van der Waals surface area contributed by atoms with Crippen LogP contribution in [0.5, 0.6) is 0 Å². The molecule has 0 bridgehead atoms. The highest BCUT2D eigenvalue weighted by atomic mass is 16.4. The van der Waals surface area contributed by atoms with E-state index in [1.165, 1.54) is 0 Å². The highest BCUT2D eigenvalue weighted by Crippen LogP contribution is 2.11. The van der Waals surface area contributed by atoms with Crippen LogP contribution in [0, 0.1) is 0 Å². The molecule has 0 aromatic heterocycles. The molecule has 17 heavy (non-hydrogen) atoms. The molecule has 0 spiro atoms. The van der Waals surface area contributed by atoms with E-state index in [2.05, 4.69) is 6.58 Å². The maximum Gasteiger partial charge on any atom is 0.303 e. The SMILES string of the molecule is C=C(C)C(=O)N(CCCC(=O)O)[N+](C)(C)CC. The van der Waals surface area contributed by atoms with Gasteiger partial charge in [0.15, 0.2) is 0 Å². The zero-order valence-electron chi connectivity index (χ0n) is 11.2. The predicted molar refractivity (Wildman–Crippen MR) is 66.0 cm³/mol. The normalized spacial score (nSPS) is 11.1. The number of carboxylic acid groups (broad SMARTS) is 1. The quantitative estimate of drug-likeness (QED) is 0.416. The molecular weight excluding hydrogens is 220 g/mol. The molecule has 0 aliphatic heterocycles. The Morgan fingerprint density at radius 3 is 2.24 bits per heavy atom. The van der Waals surface area contributed by atoms with Crippen LogP contribution in [0.3, 0.4) is 0 Å². The Balaban J connectivity index is 4.69. The molecule has 5 heteroatoms. The lowest BCUT2D eigenvalue weighted by Gasteiger charge is -2.39. The van der Waals surface area contributed by atoms with Gasteiger partial charge in [0.05, 0.1) is 27.2 Å². The highest BCUT2D eigenvalue weighted by Gasteiger charge is 2.29. The molecule has 0 aromatic rings. The lowest BCUT2D eigenvalue weighted by atomic mass is 10.2. The molecule has 0 radical (unpaired) electrons. The van der Waals surface area contributed by atoms with Crippen molar-refractivity contribution < 1.29 is 19.3 Å². The van der Waals surface area contributed by atoms with Gasteiger partial charge in [0.25, 0.3) is 5.91 Å². The van der Waals surface area contributed by atoms with Crippen LogP contribution in [0.4, 0.5) is 0 Å². The predicted octanol–water partition coefficient (Wildman–Crippen LogP) is 1.27. The Morgan fingerprint density at radius 2 is 1.88 bits per heavy atom. The van der Waals surface area contributed by atoms with Gasteiger partial charge in [-0.2, -0.15) is 5.01 Å². The van der Waals surface area contributed by atoms with Gasteiger partial charge < -0.3 is 5.11 Å². The monoisotopic (exact) mass is 243 g/mol. The van der Waals surface area contributed by atoms with E-state index in [0.717, 1.165) is 6.54 Å². The van der Waals surface area contributed by atoms with Crippen molar-refractivity contribution in [2.75, 3.05) is 27.2 Å². The van der Waals surface area contributed by atoms with Crippen LogP contribution < -0.4 is 0 Å². The second-order valence-electron chi connectivity index (χ2n) is 4.64. The molecule has 0 atom stereocenters. The van der Waals surface area contributed by atoms with Crippen molar-refractivity contribution in [3.05, 3.63) is 12.2 Å². The van der Waals surface area contributed by atoms with Gasteiger partial charge in [0.2, 0.25) is 0 Å². The van der Waals surface area contributed by atoms with Crippen molar-refractivity contribution in [1.29, 1.82) is 0 Å². The molecule has 0 aliphatic carbocycles. The minimum absolute atomic E-state index is 0.0731. The Hall–Kier alpha value is -1.36. The lowest BCUT2D eigenvalue weighted by Crippen LogP contribution is -2.57. The molecule has 5 nitrogen and oxygen atoms in total. The van der Waals surface area contributed by atoms with Crippen molar-refractivity contribution in [1.82, 2.24) is 5.01 Å². The zero-order valence-corrected chi connectivity index (χ0v) is 11.2. The minimum atomic E-state index is -0.838. The van der Waals surface area contributed by atoms with Crippen LogP contribution >= 0.6 is 0 Å². The molecule has 0 aliphatic rings. The van der Waals surface area contributed by atoms with Crippen LogP contribution in [0.2, 0.25) is 0 Å². The largest absolute Gasteiger partial charge is 0.481 e. The first-order valence-electron chi connectivity index (χ1n) is 5.75. The third-order valence-corrected chi connectivity index (χ3v) is 2.79. The van der Waals surface area contributed by atoms with Crippen LogP contribution in [-0.4, -0.2) is 53.8 Å². The Labute approximate surface area is 103 Å². The van der Waals surface area contributed by atoms with Gasteiger partial charge in [-0.15, -0.1) is 0 Å². The number of aliphatic carboxylic acids is 1. The van der Waals surface area contributed by atoms with E-state index in [1.54, 1.807) is 11.9 Å². The summed E-state index contributed by atoms with van der Waals surface area (Å²) in [6, 6.07) is 0. The van der Waals surface area contributed by atoms with Crippen LogP contribution in [-0.2, 0) is 9.59 Å². The molecule has 0 unspecified atom stereocenters. The lowest BCUT2D eigenvalue weighted by molar-refractivity contribution is -0.989. The van der Waals surface area contributed by atoms with E-state index in [1.807, 2.05) is 21.0 Å². The van der Waals surface area contributed by atoms with E-state index < -0.39 is 5.97 Å². The number of hydrogen-bond acceptors (Lipinski definition) is 2. The minimum Gasteiger partial charge on any atom is -0.481 e. The van der Waals surface area contributed by atoms with Gasteiger partial charge in [-0.1, -0.05) is 6.58 Å². The van der Waals surface area contributed by atoms with Gasteiger partial charge in [0.1, 0.15) is 0 Å². The second-order valence-corrected chi connectivity index (χ2v) is 4.64. The number of amides is 1. The van der Waals surface area contributed by atoms with E-state index >= 15 is 0 Å². The first kappa shape index (κ1) is 15.6. The van der Waals surface area contributed by atoms with Gasteiger partial charge >= 0.3 is 5.97 Å². The molecule has 0 rings (SSSR count). The number of carbonyl (C=O) groups is 2. The summed E-state index contributed by atoms with van der Waals surface area (Å²) in [6.45, 7) is 8.49. The molecular formula is C12H23N2O3+. The third-order valence-electron chi connectivity index (χ3n) is 2.79. The molecule has 0 heterocycles. The molecule has 98 valence electrons. The van der Waals surface area contributed by atoms with Gasteiger partial charge in [-0.3, -0.25) is 9.59 Å². The number of hydrogen-bond donors (Lipinski definition) is 1. The van der Waals surface area contributed by atoms with E-state index in [4.69, 9.17) is 5.11 Å². The Kier molecular flexibility index (Phi) is 5.88. The maximum absolute atomic E-state index is 12.0. The van der Waals surface area contributed by atoms with Crippen molar-refractivity contribution >= 4 is 11.9 Å².